The number of nitriles is 1. The van der Waals surface area contributed by atoms with E-state index in [1.165, 1.54) is 11.1 Å². The van der Waals surface area contributed by atoms with Crippen LogP contribution in [0, 0.1) is 11.3 Å². The SMILES string of the molecule is COc1ccc(C2=CCN(C(=O)c3ccc(C#N)cc3)CC2)cc1. The number of hydrogen-bond acceptors (Lipinski definition) is 3. The van der Waals surface area contributed by atoms with Crippen LogP contribution in [-0.4, -0.2) is 31.0 Å². The van der Waals surface area contributed by atoms with Crippen molar-refractivity contribution in [1.82, 2.24) is 4.90 Å². The van der Waals surface area contributed by atoms with Gasteiger partial charge < -0.3 is 9.64 Å². The van der Waals surface area contributed by atoms with E-state index in [9.17, 15) is 4.79 Å². The first-order valence-corrected chi connectivity index (χ1v) is 7.84. The quantitative estimate of drug-likeness (QED) is 0.870. The van der Waals surface area contributed by atoms with Crippen LogP contribution >= 0.6 is 0 Å². The lowest BCUT2D eigenvalue weighted by molar-refractivity contribution is 0.0773. The Morgan fingerprint density at radius 3 is 2.38 bits per heavy atom. The van der Waals surface area contributed by atoms with E-state index in [2.05, 4.69) is 12.1 Å². The van der Waals surface area contributed by atoms with E-state index in [1.54, 1.807) is 31.4 Å². The van der Waals surface area contributed by atoms with Crippen molar-refractivity contribution in [2.45, 2.75) is 6.42 Å². The number of methoxy groups -OCH3 is 1. The smallest absolute Gasteiger partial charge is 0.254 e. The van der Waals surface area contributed by atoms with Gasteiger partial charge in [-0.15, -0.1) is 0 Å². The molecule has 1 heterocycles. The van der Waals surface area contributed by atoms with E-state index in [4.69, 9.17) is 10.00 Å². The van der Waals surface area contributed by atoms with Gasteiger partial charge in [0, 0.05) is 18.7 Å². The normalized spacial score (nSPS) is 13.8. The van der Waals surface area contributed by atoms with Crippen LogP contribution in [0.4, 0.5) is 0 Å². The lowest BCUT2D eigenvalue weighted by atomic mass is 9.99. The lowest BCUT2D eigenvalue weighted by Gasteiger charge is -2.27. The predicted octanol–water partition coefficient (Wildman–Crippen LogP) is 3.50. The Labute approximate surface area is 141 Å². The molecule has 1 amide bonds. The fraction of sp³-hybridized carbons (Fsp3) is 0.200. The third-order valence-corrected chi connectivity index (χ3v) is 4.22. The van der Waals surface area contributed by atoms with Gasteiger partial charge in [-0.3, -0.25) is 4.79 Å². The highest BCUT2D eigenvalue weighted by molar-refractivity contribution is 5.94. The highest BCUT2D eigenvalue weighted by Gasteiger charge is 2.19. The summed E-state index contributed by atoms with van der Waals surface area (Å²) in [5.74, 6) is 0.845. The van der Waals surface area contributed by atoms with Crippen molar-refractivity contribution in [3.8, 4) is 11.8 Å². The van der Waals surface area contributed by atoms with Gasteiger partial charge in [-0.2, -0.15) is 5.26 Å². The zero-order valence-electron chi connectivity index (χ0n) is 13.5. The number of carbonyl (C=O) groups excluding carboxylic acids is 1. The molecule has 4 heteroatoms. The van der Waals surface area contributed by atoms with Gasteiger partial charge in [0.25, 0.3) is 5.91 Å². The molecule has 4 nitrogen and oxygen atoms in total. The maximum absolute atomic E-state index is 12.5. The molecule has 0 radical (unpaired) electrons. The third-order valence-electron chi connectivity index (χ3n) is 4.22. The fourth-order valence-electron chi connectivity index (χ4n) is 2.79. The molecule has 0 aliphatic carbocycles. The zero-order chi connectivity index (χ0) is 16.9. The first-order chi connectivity index (χ1) is 11.7. The second-order valence-electron chi connectivity index (χ2n) is 5.65. The molecule has 2 aromatic rings. The molecule has 0 spiro atoms. The van der Waals surface area contributed by atoms with E-state index in [1.807, 2.05) is 29.2 Å². The Balaban J connectivity index is 1.69. The van der Waals surface area contributed by atoms with Gasteiger partial charge in [0.2, 0.25) is 0 Å². The monoisotopic (exact) mass is 318 g/mol. The van der Waals surface area contributed by atoms with Crippen molar-refractivity contribution in [1.29, 1.82) is 5.26 Å². The van der Waals surface area contributed by atoms with Gasteiger partial charge in [0.15, 0.2) is 0 Å². The predicted molar refractivity (Wildman–Crippen MR) is 92.6 cm³/mol. The molecule has 0 aromatic heterocycles. The lowest BCUT2D eigenvalue weighted by Crippen LogP contribution is -2.34. The number of ether oxygens (including phenoxy) is 1. The first-order valence-electron chi connectivity index (χ1n) is 7.84. The maximum atomic E-state index is 12.5. The summed E-state index contributed by atoms with van der Waals surface area (Å²) in [5.41, 5.74) is 3.60. The molecular formula is C20H18N2O2. The van der Waals surface area contributed by atoms with Gasteiger partial charge in [0.05, 0.1) is 18.7 Å². The Morgan fingerprint density at radius 1 is 1.12 bits per heavy atom. The van der Waals surface area contributed by atoms with Crippen molar-refractivity contribution < 1.29 is 9.53 Å². The number of hydrogen-bond donors (Lipinski definition) is 0. The fourth-order valence-corrected chi connectivity index (χ4v) is 2.79. The van der Waals surface area contributed by atoms with E-state index < -0.39 is 0 Å². The Kier molecular flexibility index (Phi) is 4.62. The molecular weight excluding hydrogens is 300 g/mol. The molecule has 0 saturated heterocycles. The van der Waals surface area contributed by atoms with Crippen LogP contribution in [0.3, 0.4) is 0 Å². The molecule has 24 heavy (non-hydrogen) atoms. The van der Waals surface area contributed by atoms with Crippen molar-refractivity contribution in [3.05, 3.63) is 71.3 Å². The standard InChI is InChI=1S/C20H18N2O2/c1-24-19-8-6-16(7-9-19)17-10-12-22(13-11-17)20(23)18-4-2-15(14-21)3-5-18/h2-10H,11-13H2,1H3. The van der Waals surface area contributed by atoms with Gasteiger partial charge in [-0.05, 0) is 54.0 Å². The molecule has 120 valence electrons. The molecule has 0 fully saturated rings. The largest absolute Gasteiger partial charge is 0.497 e. The van der Waals surface area contributed by atoms with Crippen molar-refractivity contribution in [2.24, 2.45) is 0 Å². The molecule has 3 rings (SSSR count). The van der Waals surface area contributed by atoms with Crippen LogP contribution in [0.1, 0.15) is 27.9 Å². The van der Waals surface area contributed by atoms with E-state index in [0.717, 1.165) is 12.2 Å². The minimum Gasteiger partial charge on any atom is -0.497 e. The molecule has 0 saturated carbocycles. The number of benzene rings is 2. The topological polar surface area (TPSA) is 53.3 Å². The van der Waals surface area contributed by atoms with Crippen molar-refractivity contribution in [3.63, 3.8) is 0 Å². The average Bonchev–Trinajstić information content (AvgIpc) is 2.68. The highest BCUT2D eigenvalue weighted by Crippen LogP contribution is 2.25. The molecule has 0 unspecified atom stereocenters. The summed E-state index contributed by atoms with van der Waals surface area (Å²) in [7, 11) is 1.65. The first kappa shape index (κ1) is 15.8. The second-order valence-corrected chi connectivity index (χ2v) is 5.65. The average molecular weight is 318 g/mol. The third kappa shape index (κ3) is 3.31. The number of nitrogens with zero attached hydrogens (tertiary/aromatic N) is 2. The van der Waals surface area contributed by atoms with Crippen LogP contribution in [-0.2, 0) is 0 Å². The minimum atomic E-state index is 0.00419. The van der Waals surface area contributed by atoms with E-state index >= 15 is 0 Å². The van der Waals surface area contributed by atoms with E-state index in [0.29, 0.717) is 24.2 Å². The number of amides is 1. The molecule has 0 atom stereocenters. The maximum Gasteiger partial charge on any atom is 0.254 e. The molecule has 0 bridgehead atoms. The summed E-state index contributed by atoms with van der Waals surface area (Å²) in [6, 6.07) is 16.8. The molecule has 2 aromatic carbocycles. The van der Waals surface area contributed by atoms with Gasteiger partial charge in [-0.25, -0.2) is 0 Å². The van der Waals surface area contributed by atoms with Gasteiger partial charge in [0.1, 0.15) is 5.75 Å². The summed E-state index contributed by atoms with van der Waals surface area (Å²) < 4.78 is 5.18. The van der Waals surface area contributed by atoms with Crippen LogP contribution in [0.15, 0.2) is 54.6 Å². The van der Waals surface area contributed by atoms with Crippen LogP contribution < -0.4 is 4.74 Å². The molecule has 0 N–H and O–H groups in total. The Morgan fingerprint density at radius 2 is 1.83 bits per heavy atom. The molecule has 1 aliphatic heterocycles. The number of rotatable bonds is 3. The number of carbonyl (C=O) groups is 1. The van der Waals surface area contributed by atoms with Crippen LogP contribution in [0.25, 0.3) is 5.57 Å². The summed E-state index contributed by atoms with van der Waals surface area (Å²) in [5, 5.41) is 8.83. The Bertz CT molecular complexity index is 799. The van der Waals surface area contributed by atoms with Crippen LogP contribution in [0.2, 0.25) is 0 Å². The van der Waals surface area contributed by atoms with E-state index in [-0.39, 0.29) is 5.91 Å². The van der Waals surface area contributed by atoms with Crippen molar-refractivity contribution in [2.75, 3.05) is 20.2 Å². The summed E-state index contributed by atoms with van der Waals surface area (Å²) in [6.45, 7) is 1.29. The summed E-state index contributed by atoms with van der Waals surface area (Å²) in [4.78, 5) is 14.4. The second kappa shape index (κ2) is 7.01. The molecule has 1 aliphatic rings. The summed E-state index contributed by atoms with van der Waals surface area (Å²) in [6.07, 6.45) is 2.93. The minimum absolute atomic E-state index is 0.00419. The van der Waals surface area contributed by atoms with Crippen LogP contribution in [0.5, 0.6) is 5.75 Å². The van der Waals surface area contributed by atoms with Crippen molar-refractivity contribution >= 4 is 11.5 Å². The Hall–Kier alpha value is -3.06. The summed E-state index contributed by atoms with van der Waals surface area (Å²) >= 11 is 0. The van der Waals surface area contributed by atoms with Gasteiger partial charge >= 0.3 is 0 Å². The highest BCUT2D eigenvalue weighted by atomic mass is 16.5. The van der Waals surface area contributed by atoms with Gasteiger partial charge in [-0.1, -0.05) is 18.2 Å². The zero-order valence-corrected chi connectivity index (χ0v) is 13.5.